The molecular weight excluding hydrogens is 264 g/mol. The smallest absolute Gasteiger partial charge is 0.261 e. The van der Waals surface area contributed by atoms with Gasteiger partial charge in [-0.25, -0.2) is 9.97 Å². The number of carbonyl (C=O) groups excluding carboxylic acids is 1. The number of hydrogen-bond donors (Lipinski definition) is 1. The van der Waals surface area contributed by atoms with Crippen LogP contribution in [0.1, 0.15) is 35.8 Å². The average Bonchev–Trinajstić information content (AvgIpc) is 2.53. The molecule has 1 aromatic carbocycles. The van der Waals surface area contributed by atoms with E-state index in [-0.39, 0.29) is 11.8 Å². The second-order valence-electron chi connectivity index (χ2n) is 5.10. The Morgan fingerprint density at radius 2 is 1.90 bits per heavy atom. The lowest BCUT2D eigenvalue weighted by Gasteiger charge is -2.19. The van der Waals surface area contributed by atoms with Gasteiger partial charge in [0.05, 0.1) is 11.3 Å². The van der Waals surface area contributed by atoms with Crippen molar-refractivity contribution in [3.05, 3.63) is 47.8 Å². The predicted octanol–water partition coefficient (Wildman–Crippen LogP) is 2.92. The lowest BCUT2D eigenvalue weighted by Crippen LogP contribution is -2.28. The van der Waals surface area contributed by atoms with E-state index in [1.165, 1.54) is 0 Å². The molecule has 0 aliphatic rings. The van der Waals surface area contributed by atoms with Crippen LogP contribution in [-0.2, 0) is 0 Å². The lowest BCUT2D eigenvalue weighted by atomic mass is 10.0. The van der Waals surface area contributed by atoms with Crippen LogP contribution in [0.3, 0.4) is 0 Å². The molecule has 1 amide bonds. The Balaban J connectivity index is 2.39. The Kier molecular flexibility index (Phi) is 4.52. The number of rotatable bonds is 4. The number of anilines is 2. The largest absolute Gasteiger partial charge is 0.357 e. The number of amides is 1. The molecular formula is C16H20N4O. The average molecular weight is 284 g/mol. The summed E-state index contributed by atoms with van der Waals surface area (Å²) < 4.78 is 0. The summed E-state index contributed by atoms with van der Waals surface area (Å²) in [6.45, 7) is 4.03. The van der Waals surface area contributed by atoms with Crippen LogP contribution in [0.15, 0.2) is 36.5 Å². The molecule has 21 heavy (non-hydrogen) atoms. The fraction of sp³-hybridized carbons (Fsp3) is 0.312. The number of carbonyl (C=O) groups is 1. The minimum Gasteiger partial charge on any atom is -0.357 e. The summed E-state index contributed by atoms with van der Waals surface area (Å²) in [6.07, 6.45) is 1.59. The highest BCUT2D eigenvalue weighted by Gasteiger charge is 2.20. The van der Waals surface area contributed by atoms with E-state index in [2.05, 4.69) is 15.3 Å². The zero-order valence-electron chi connectivity index (χ0n) is 12.8. The molecule has 0 unspecified atom stereocenters. The van der Waals surface area contributed by atoms with Crippen LogP contribution < -0.4 is 10.2 Å². The van der Waals surface area contributed by atoms with Gasteiger partial charge >= 0.3 is 0 Å². The summed E-state index contributed by atoms with van der Waals surface area (Å²) >= 11 is 0. The van der Waals surface area contributed by atoms with Crippen molar-refractivity contribution in [1.82, 2.24) is 9.97 Å². The quantitative estimate of drug-likeness (QED) is 0.938. The first kappa shape index (κ1) is 15.0. The first-order valence-corrected chi connectivity index (χ1v) is 6.92. The third kappa shape index (κ3) is 3.18. The minimum atomic E-state index is -0.104. The summed E-state index contributed by atoms with van der Waals surface area (Å²) in [4.78, 5) is 22.9. The minimum absolute atomic E-state index is 0.104. The molecule has 5 nitrogen and oxygen atoms in total. The van der Waals surface area contributed by atoms with Crippen molar-refractivity contribution >= 4 is 17.5 Å². The Morgan fingerprint density at radius 3 is 2.48 bits per heavy atom. The molecule has 1 aromatic heterocycles. The van der Waals surface area contributed by atoms with E-state index in [9.17, 15) is 4.79 Å². The van der Waals surface area contributed by atoms with Crippen molar-refractivity contribution in [1.29, 1.82) is 0 Å². The van der Waals surface area contributed by atoms with Crippen LogP contribution in [0.5, 0.6) is 0 Å². The molecule has 0 aliphatic heterocycles. The molecule has 110 valence electrons. The van der Waals surface area contributed by atoms with E-state index in [0.29, 0.717) is 11.5 Å². The number of aromatic nitrogens is 2. The van der Waals surface area contributed by atoms with Gasteiger partial charge in [-0.3, -0.25) is 4.79 Å². The molecule has 1 heterocycles. The topological polar surface area (TPSA) is 58.1 Å². The highest BCUT2D eigenvalue weighted by Crippen LogP contribution is 2.21. The predicted molar refractivity (Wildman–Crippen MR) is 84.8 cm³/mol. The zero-order valence-corrected chi connectivity index (χ0v) is 12.8. The van der Waals surface area contributed by atoms with Crippen molar-refractivity contribution in [3.8, 4) is 0 Å². The molecule has 0 saturated heterocycles. The Morgan fingerprint density at radius 1 is 1.24 bits per heavy atom. The van der Waals surface area contributed by atoms with Gasteiger partial charge < -0.3 is 10.2 Å². The molecule has 2 aromatic rings. The van der Waals surface area contributed by atoms with Crippen LogP contribution in [0.25, 0.3) is 0 Å². The van der Waals surface area contributed by atoms with Crippen molar-refractivity contribution < 1.29 is 4.79 Å². The summed E-state index contributed by atoms with van der Waals surface area (Å²) in [5, 5.41) is 2.90. The number of benzene rings is 1. The molecule has 0 fully saturated rings. The maximum absolute atomic E-state index is 12.7. The van der Waals surface area contributed by atoms with Gasteiger partial charge in [0.2, 0.25) is 5.95 Å². The number of para-hydroxylation sites is 1. The van der Waals surface area contributed by atoms with Crippen molar-refractivity contribution in [2.24, 2.45) is 0 Å². The molecule has 1 N–H and O–H groups in total. The Hall–Kier alpha value is -2.43. The molecule has 5 heteroatoms. The van der Waals surface area contributed by atoms with E-state index in [0.717, 1.165) is 11.4 Å². The second kappa shape index (κ2) is 6.35. The Labute approximate surface area is 125 Å². The van der Waals surface area contributed by atoms with Crippen molar-refractivity contribution in [3.63, 3.8) is 0 Å². The van der Waals surface area contributed by atoms with Gasteiger partial charge in [-0.1, -0.05) is 32.0 Å². The SMILES string of the molecule is CNc1ncc(C(=O)N(C)c2ccccc2)c(C(C)C)n1. The van der Waals surface area contributed by atoms with E-state index in [4.69, 9.17) is 0 Å². The maximum Gasteiger partial charge on any atom is 0.261 e. The molecule has 0 aliphatic carbocycles. The highest BCUT2D eigenvalue weighted by atomic mass is 16.2. The fourth-order valence-electron chi connectivity index (χ4n) is 2.07. The fourth-order valence-corrected chi connectivity index (χ4v) is 2.07. The van der Waals surface area contributed by atoms with Gasteiger partial charge in [0.25, 0.3) is 5.91 Å². The highest BCUT2D eigenvalue weighted by molar-refractivity contribution is 6.06. The van der Waals surface area contributed by atoms with E-state index in [1.54, 1.807) is 25.2 Å². The molecule has 0 saturated carbocycles. The van der Waals surface area contributed by atoms with Gasteiger partial charge in [-0.2, -0.15) is 0 Å². The number of hydrogen-bond acceptors (Lipinski definition) is 4. The third-order valence-corrected chi connectivity index (χ3v) is 3.27. The molecule has 0 bridgehead atoms. The summed E-state index contributed by atoms with van der Waals surface area (Å²) in [7, 11) is 3.52. The first-order chi connectivity index (χ1) is 10.0. The standard InChI is InChI=1S/C16H20N4O/c1-11(2)14-13(10-18-16(17-3)19-14)15(21)20(4)12-8-6-5-7-9-12/h5-11H,1-4H3,(H,17,18,19). The van der Waals surface area contributed by atoms with Crippen LogP contribution in [0, 0.1) is 0 Å². The van der Waals surface area contributed by atoms with Gasteiger partial charge in [0.1, 0.15) is 0 Å². The normalized spacial score (nSPS) is 10.5. The molecule has 0 radical (unpaired) electrons. The zero-order chi connectivity index (χ0) is 15.4. The van der Waals surface area contributed by atoms with Crippen molar-refractivity contribution in [2.75, 3.05) is 24.3 Å². The molecule has 0 spiro atoms. The third-order valence-electron chi connectivity index (χ3n) is 3.27. The molecule has 0 atom stereocenters. The number of nitrogens with zero attached hydrogens (tertiary/aromatic N) is 3. The Bertz CT molecular complexity index is 625. The number of nitrogens with one attached hydrogen (secondary N) is 1. The maximum atomic E-state index is 12.7. The monoisotopic (exact) mass is 284 g/mol. The van der Waals surface area contributed by atoms with E-state index < -0.39 is 0 Å². The van der Waals surface area contributed by atoms with Crippen LogP contribution >= 0.6 is 0 Å². The summed E-state index contributed by atoms with van der Waals surface area (Å²) in [5.74, 6) is 0.563. The van der Waals surface area contributed by atoms with Gasteiger partial charge in [-0.15, -0.1) is 0 Å². The van der Waals surface area contributed by atoms with Crippen LogP contribution in [0.4, 0.5) is 11.6 Å². The van der Waals surface area contributed by atoms with Gasteiger partial charge in [-0.05, 0) is 18.1 Å². The van der Waals surface area contributed by atoms with Gasteiger partial charge in [0.15, 0.2) is 0 Å². The van der Waals surface area contributed by atoms with Crippen LogP contribution in [-0.4, -0.2) is 30.0 Å². The van der Waals surface area contributed by atoms with Gasteiger partial charge in [0, 0.05) is 26.0 Å². The second-order valence-corrected chi connectivity index (χ2v) is 5.10. The first-order valence-electron chi connectivity index (χ1n) is 6.92. The summed E-state index contributed by atoms with van der Waals surface area (Å²) in [6, 6.07) is 9.53. The molecule has 2 rings (SSSR count). The van der Waals surface area contributed by atoms with Crippen molar-refractivity contribution in [2.45, 2.75) is 19.8 Å². The van der Waals surface area contributed by atoms with E-state index >= 15 is 0 Å². The summed E-state index contributed by atoms with van der Waals surface area (Å²) in [5.41, 5.74) is 2.13. The van der Waals surface area contributed by atoms with E-state index in [1.807, 2.05) is 44.2 Å². The van der Waals surface area contributed by atoms with Crippen LogP contribution in [0.2, 0.25) is 0 Å². The lowest BCUT2D eigenvalue weighted by molar-refractivity contribution is 0.0991.